The molecule has 1 aromatic carbocycles. The first-order valence-corrected chi connectivity index (χ1v) is 5.61. The summed E-state index contributed by atoms with van der Waals surface area (Å²) in [7, 11) is 0. The lowest BCUT2D eigenvalue weighted by Gasteiger charge is -1.97. The van der Waals surface area contributed by atoms with Crippen molar-refractivity contribution in [1.29, 1.82) is 10.5 Å². The van der Waals surface area contributed by atoms with E-state index in [0.29, 0.717) is 5.56 Å². The first kappa shape index (κ1) is 10.4. The number of rotatable bonds is 2. The third-order valence-electron chi connectivity index (χ3n) is 2.23. The molecule has 0 atom stereocenters. The van der Waals surface area contributed by atoms with Crippen molar-refractivity contribution in [3.63, 3.8) is 0 Å². The van der Waals surface area contributed by atoms with Gasteiger partial charge in [-0.2, -0.15) is 10.5 Å². The third-order valence-corrected chi connectivity index (χ3v) is 3.22. The molecule has 0 saturated carbocycles. The van der Waals surface area contributed by atoms with E-state index in [-0.39, 0.29) is 0 Å². The summed E-state index contributed by atoms with van der Waals surface area (Å²) >= 11 is 1.51. The highest BCUT2D eigenvalue weighted by Crippen LogP contribution is 2.19. The van der Waals surface area contributed by atoms with E-state index in [1.165, 1.54) is 16.2 Å². The average molecular weight is 224 g/mol. The number of thiophene rings is 1. The Labute approximate surface area is 98.0 Å². The molecular formula is C13H8N2S. The first-order valence-electron chi connectivity index (χ1n) is 4.79. The summed E-state index contributed by atoms with van der Waals surface area (Å²) in [4.78, 5) is 1.91. The monoisotopic (exact) mass is 224 g/mol. The molecule has 0 unspecified atom stereocenters. The zero-order valence-corrected chi connectivity index (χ0v) is 9.29. The van der Waals surface area contributed by atoms with Gasteiger partial charge in [-0.3, -0.25) is 0 Å². The lowest BCUT2D eigenvalue weighted by atomic mass is 10.1. The Hall–Kier alpha value is -2.10. The summed E-state index contributed by atoms with van der Waals surface area (Å²) in [5.41, 5.74) is 1.83. The highest BCUT2D eigenvalue weighted by molar-refractivity contribution is 7.12. The Morgan fingerprint density at radius 1 is 0.938 bits per heavy atom. The van der Waals surface area contributed by atoms with Gasteiger partial charge >= 0.3 is 0 Å². The molecule has 0 fully saturated rings. The average Bonchev–Trinajstić information content (AvgIpc) is 2.78. The van der Waals surface area contributed by atoms with Crippen LogP contribution < -0.4 is 0 Å². The predicted octanol–water partition coefficient (Wildman–Crippen LogP) is 3.08. The van der Waals surface area contributed by atoms with Crippen LogP contribution in [0.3, 0.4) is 0 Å². The van der Waals surface area contributed by atoms with Crippen LogP contribution in [0.2, 0.25) is 0 Å². The molecule has 2 rings (SSSR count). The van der Waals surface area contributed by atoms with Gasteiger partial charge in [0.25, 0.3) is 0 Å². The summed E-state index contributed by atoms with van der Waals surface area (Å²) in [6.07, 6.45) is 0.818. The Balaban J connectivity index is 2.15. The summed E-state index contributed by atoms with van der Waals surface area (Å²) in [5, 5.41) is 17.4. The standard InChI is InChI=1S/C13H8N2S/c14-8-11-3-1-10(2-4-11)7-12-5-6-13(9-15)16-12/h1-6H,7H2. The SMILES string of the molecule is N#Cc1ccc(Cc2ccc(C#N)s2)cc1. The lowest BCUT2D eigenvalue weighted by Crippen LogP contribution is -1.84. The molecule has 0 saturated heterocycles. The quantitative estimate of drug-likeness (QED) is 0.787. The van der Waals surface area contributed by atoms with Gasteiger partial charge in [0, 0.05) is 11.3 Å². The fraction of sp³-hybridized carbons (Fsp3) is 0.0769. The molecule has 2 nitrogen and oxygen atoms in total. The van der Waals surface area contributed by atoms with Gasteiger partial charge < -0.3 is 0 Å². The van der Waals surface area contributed by atoms with E-state index in [9.17, 15) is 0 Å². The van der Waals surface area contributed by atoms with Crippen molar-refractivity contribution in [2.24, 2.45) is 0 Å². The molecule has 0 amide bonds. The second-order valence-electron chi connectivity index (χ2n) is 3.36. The molecule has 3 heteroatoms. The molecule has 0 spiro atoms. The number of benzene rings is 1. The smallest absolute Gasteiger partial charge is 0.110 e. The third kappa shape index (κ3) is 2.28. The molecular weight excluding hydrogens is 216 g/mol. The van der Waals surface area contributed by atoms with Crippen LogP contribution in [0.25, 0.3) is 0 Å². The van der Waals surface area contributed by atoms with Gasteiger partial charge in [0.2, 0.25) is 0 Å². The summed E-state index contributed by atoms with van der Waals surface area (Å²) in [6.45, 7) is 0. The van der Waals surface area contributed by atoms with Crippen molar-refractivity contribution in [3.8, 4) is 12.1 Å². The lowest BCUT2D eigenvalue weighted by molar-refractivity contribution is 1.24. The molecule has 1 aromatic heterocycles. The zero-order valence-electron chi connectivity index (χ0n) is 8.47. The number of hydrogen-bond donors (Lipinski definition) is 0. The van der Waals surface area contributed by atoms with Crippen molar-refractivity contribution in [2.45, 2.75) is 6.42 Å². The minimum absolute atomic E-state index is 0.674. The maximum absolute atomic E-state index is 8.71. The predicted molar refractivity (Wildman–Crippen MR) is 63.0 cm³/mol. The van der Waals surface area contributed by atoms with Crippen LogP contribution in [0.15, 0.2) is 36.4 Å². The Morgan fingerprint density at radius 3 is 2.25 bits per heavy atom. The summed E-state index contributed by atoms with van der Waals surface area (Å²) < 4.78 is 0. The van der Waals surface area contributed by atoms with Gasteiger partial charge in [-0.15, -0.1) is 11.3 Å². The molecule has 1 heterocycles. The largest absolute Gasteiger partial charge is 0.192 e. The van der Waals surface area contributed by atoms with Crippen LogP contribution in [-0.4, -0.2) is 0 Å². The minimum Gasteiger partial charge on any atom is -0.192 e. The van der Waals surface area contributed by atoms with Gasteiger partial charge in [-0.05, 0) is 29.8 Å². The van der Waals surface area contributed by atoms with Crippen molar-refractivity contribution in [3.05, 3.63) is 57.3 Å². The fourth-order valence-electron chi connectivity index (χ4n) is 1.43. The van der Waals surface area contributed by atoms with Gasteiger partial charge in [-0.25, -0.2) is 0 Å². The van der Waals surface area contributed by atoms with Crippen LogP contribution in [0.1, 0.15) is 20.9 Å². The molecule has 2 aromatic rings. The Bertz CT molecular complexity index is 567. The molecule has 0 bridgehead atoms. The second-order valence-corrected chi connectivity index (χ2v) is 4.53. The van der Waals surface area contributed by atoms with Gasteiger partial charge in [-0.1, -0.05) is 12.1 Å². The molecule has 16 heavy (non-hydrogen) atoms. The molecule has 76 valence electrons. The van der Waals surface area contributed by atoms with E-state index in [0.717, 1.165) is 16.9 Å². The van der Waals surface area contributed by atoms with E-state index < -0.39 is 0 Å². The van der Waals surface area contributed by atoms with Crippen LogP contribution in [0.5, 0.6) is 0 Å². The normalized spacial score (nSPS) is 9.38. The van der Waals surface area contributed by atoms with E-state index in [1.807, 2.05) is 36.4 Å². The van der Waals surface area contributed by atoms with Gasteiger partial charge in [0.15, 0.2) is 0 Å². The van der Waals surface area contributed by atoms with E-state index >= 15 is 0 Å². The molecule has 0 radical (unpaired) electrons. The maximum atomic E-state index is 8.71. The van der Waals surface area contributed by atoms with Crippen molar-refractivity contribution in [1.82, 2.24) is 0 Å². The Kier molecular flexibility index (Phi) is 3.00. The van der Waals surface area contributed by atoms with Gasteiger partial charge in [0.05, 0.1) is 11.6 Å². The van der Waals surface area contributed by atoms with Crippen molar-refractivity contribution in [2.75, 3.05) is 0 Å². The van der Waals surface area contributed by atoms with E-state index in [1.54, 1.807) is 0 Å². The number of nitrogens with zero attached hydrogens (tertiary/aromatic N) is 2. The van der Waals surface area contributed by atoms with Crippen molar-refractivity contribution < 1.29 is 0 Å². The van der Waals surface area contributed by atoms with E-state index in [4.69, 9.17) is 10.5 Å². The number of nitriles is 2. The van der Waals surface area contributed by atoms with Crippen LogP contribution in [-0.2, 0) is 6.42 Å². The fourth-order valence-corrected chi connectivity index (χ4v) is 2.27. The second kappa shape index (κ2) is 4.61. The van der Waals surface area contributed by atoms with E-state index in [2.05, 4.69) is 12.1 Å². The minimum atomic E-state index is 0.674. The summed E-state index contributed by atoms with van der Waals surface area (Å²) in [6, 6.07) is 15.6. The Morgan fingerprint density at radius 2 is 1.69 bits per heavy atom. The molecule has 0 aliphatic rings. The highest BCUT2D eigenvalue weighted by atomic mass is 32.1. The van der Waals surface area contributed by atoms with Crippen LogP contribution in [0.4, 0.5) is 0 Å². The first-order chi connectivity index (χ1) is 7.81. The van der Waals surface area contributed by atoms with Gasteiger partial charge in [0.1, 0.15) is 10.9 Å². The van der Waals surface area contributed by atoms with Crippen LogP contribution >= 0.6 is 11.3 Å². The number of hydrogen-bond acceptors (Lipinski definition) is 3. The maximum Gasteiger partial charge on any atom is 0.110 e. The topological polar surface area (TPSA) is 47.6 Å². The summed E-state index contributed by atoms with van der Waals surface area (Å²) in [5.74, 6) is 0. The zero-order chi connectivity index (χ0) is 11.4. The molecule has 0 N–H and O–H groups in total. The molecule has 0 aliphatic heterocycles. The van der Waals surface area contributed by atoms with Crippen molar-refractivity contribution >= 4 is 11.3 Å². The highest BCUT2D eigenvalue weighted by Gasteiger charge is 2.01. The van der Waals surface area contributed by atoms with Crippen LogP contribution in [0, 0.1) is 22.7 Å². The molecule has 0 aliphatic carbocycles.